The zero-order chi connectivity index (χ0) is 16.1. The first-order chi connectivity index (χ1) is 11.3. The predicted octanol–water partition coefficient (Wildman–Crippen LogP) is 2.27. The molecule has 2 fully saturated rings. The molecule has 4 nitrogen and oxygen atoms in total. The molecule has 2 heterocycles. The maximum atomic E-state index is 13.1. The number of hydrogen-bond acceptors (Lipinski definition) is 4. The SMILES string of the molecule is Cc1ccccc1C(=O)N1CCCSCC1CN1CCOCC1. The first-order valence-electron chi connectivity index (χ1n) is 8.50. The van der Waals surface area contributed by atoms with E-state index in [-0.39, 0.29) is 5.91 Å². The van der Waals surface area contributed by atoms with Crippen LogP contribution in [0.4, 0.5) is 0 Å². The summed E-state index contributed by atoms with van der Waals surface area (Å²) >= 11 is 1.98. The van der Waals surface area contributed by atoms with Crippen molar-refractivity contribution < 1.29 is 9.53 Å². The Balaban J connectivity index is 1.75. The Bertz CT molecular complexity index is 532. The molecule has 5 heteroatoms. The van der Waals surface area contributed by atoms with Crippen molar-refractivity contribution in [3.63, 3.8) is 0 Å². The van der Waals surface area contributed by atoms with Gasteiger partial charge in [-0.25, -0.2) is 0 Å². The first-order valence-corrected chi connectivity index (χ1v) is 9.65. The van der Waals surface area contributed by atoms with Crippen LogP contribution in [0.1, 0.15) is 22.3 Å². The Morgan fingerprint density at radius 1 is 1.26 bits per heavy atom. The number of hydrogen-bond donors (Lipinski definition) is 0. The lowest BCUT2D eigenvalue weighted by atomic mass is 10.1. The third-order valence-electron chi connectivity index (χ3n) is 4.65. The number of rotatable bonds is 3. The Kier molecular flexibility index (Phi) is 5.97. The van der Waals surface area contributed by atoms with Gasteiger partial charge in [0, 0.05) is 37.5 Å². The maximum Gasteiger partial charge on any atom is 0.254 e. The van der Waals surface area contributed by atoms with E-state index < -0.39 is 0 Å². The second-order valence-corrected chi connectivity index (χ2v) is 7.46. The molecule has 1 aromatic rings. The number of thioether (sulfide) groups is 1. The van der Waals surface area contributed by atoms with Crippen molar-refractivity contribution in [2.24, 2.45) is 0 Å². The fourth-order valence-electron chi connectivity index (χ4n) is 3.30. The Morgan fingerprint density at radius 3 is 2.83 bits per heavy atom. The summed E-state index contributed by atoms with van der Waals surface area (Å²) in [6.07, 6.45) is 1.09. The van der Waals surface area contributed by atoms with E-state index in [0.29, 0.717) is 6.04 Å². The van der Waals surface area contributed by atoms with Crippen LogP contribution < -0.4 is 0 Å². The van der Waals surface area contributed by atoms with Crippen molar-refractivity contribution >= 4 is 17.7 Å². The molecule has 1 aromatic carbocycles. The van der Waals surface area contributed by atoms with Crippen molar-refractivity contribution in [2.45, 2.75) is 19.4 Å². The summed E-state index contributed by atoms with van der Waals surface area (Å²) in [6.45, 7) is 7.44. The van der Waals surface area contributed by atoms with E-state index in [2.05, 4.69) is 9.80 Å². The molecular weight excluding hydrogens is 308 g/mol. The highest BCUT2D eigenvalue weighted by Crippen LogP contribution is 2.21. The van der Waals surface area contributed by atoms with Crippen molar-refractivity contribution in [3.05, 3.63) is 35.4 Å². The molecule has 2 saturated heterocycles. The molecule has 0 aliphatic carbocycles. The largest absolute Gasteiger partial charge is 0.379 e. The van der Waals surface area contributed by atoms with Gasteiger partial charge in [-0.15, -0.1) is 0 Å². The number of carbonyl (C=O) groups is 1. The molecule has 1 atom stereocenters. The fraction of sp³-hybridized carbons (Fsp3) is 0.611. The van der Waals surface area contributed by atoms with Crippen LogP contribution in [0.5, 0.6) is 0 Å². The first kappa shape index (κ1) is 16.8. The summed E-state index contributed by atoms with van der Waals surface area (Å²) in [5.74, 6) is 2.38. The van der Waals surface area contributed by atoms with Gasteiger partial charge in [0.2, 0.25) is 0 Å². The van der Waals surface area contributed by atoms with Crippen molar-refractivity contribution in [1.82, 2.24) is 9.80 Å². The van der Waals surface area contributed by atoms with Crippen LogP contribution in [-0.4, -0.2) is 72.6 Å². The number of ether oxygens (including phenoxy) is 1. The van der Waals surface area contributed by atoms with Gasteiger partial charge in [-0.05, 0) is 30.7 Å². The molecule has 0 saturated carbocycles. The smallest absolute Gasteiger partial charge is 0.254 e. The summed E-state index contributed by atoms with van der Waals surface area (Å²) in [5.41, 5.74) is 1.92. The summed E-state index contributed by atoms with van der Waals surface area (Å²) in [5, 5.41) is 0. The van der Waals surface area contributed by atoms with E-state index in [1.807, 2.05) is 43.0 Å². The highest BCUT2D eigenvalue weighted by molar-refractivity contribution is 7.99. The molecule has 2 aliphatic rings. The Morgan fingerprint density at radius 2 is 2.04 bits per heavy atom. The standard InChI is InChI=1S/C18H26N2O2S/c1-15-5-2-3-6-17(15)18(21)20-7-4-12-23-14-16(20)13-19-8-10-22-11-9-19/h2-3,5-6,16H,4,7-14H2,1H3. The van der Waals surface area contributed by atoms with E-state index in [1.54, 1.807) is 0 Å². The lowest BCUT2D eigenvalue weighted by molar-refractivity contribution is 0.0245. The highest BCUT2D eigenvalue weighted by atomic mass is 32.2. The van der Waals surface area contributed by atoms with Gasteiger partial charge in [0.1, 0.15) is 0 Å². The van der Waals surface area contributed by atoms with Crippen LogP contribution in [0.2, 0.25) is 0 Å². The van der Waals surface area contributed by atoms with Gasteiger partial charge in [0.05, 0.1) is 19.3 Å². The molecule has 126 valence electrons. The average Bonchev–Trinajstić information content (AvgIpc) is 2.81. The topological polar surface area (TPSA) is 32.8 Å². The second kappa shape index (κ2) is 8.18. The monoisotopic (exact) mass is 334 g/mol. The van der Waals surface area contributed by atoms with Crippen molar-refractivity contribution in [3.8, 4) is 0 Å². The fourth-order valence-corrected chi connectivity index (χ4v) is 4.35. The zero-order valence-corrected chi connectivity index (χ0v) is 14.7. The maximum absolute atomic E-state index is 13.1. The Labute approximate surface area is 143 Å². The predicted molar refractivity (Wildman–Crippen MR) is 95.2 cm³/mol. The van der Waals surface area contributed by atoms with Gasteiger partial charge in [0.25, 0.3) is 5.91 Å². The number of nitrogens with zero attached hydrogens (tertiary/aromatic N) is 2. The molecule has 3 rings (SSSR count). The summed E-state index contributed by atoms with van der Waals surface area (Å²) in [7, 11) is 0. The van der Waals surface area contributed by atoms with Crippen LogP contribution >= 0.6 is 11.8 Å². The van der Waals surface area contributed by atoms with E-state index >= 15 is 0 Å². The van der Waals surface area contributed by atoms with Gasteiger partial charge in [-0.1, -0.05) is 18.2 Å². The van der Waals surface area contributed by atoms with Crippen LogP contribution in [0.15, 0.2) is 24.3 Å². The molecular formula is C18H26N2O2S. The number of amides is 1. The van der Waals surface area contributed by atoms with Gasteiger partial charge >= 0.3 is 0 Å². The van der Waals surface area contributed by atoms with Crippen LogP contribution in [0, 0.1) is 6.92 Å². The number of benzene rings is 1. The number of aryl methyl sites for hydroxylation is 1. The van der Waals surface area contributed by atoms with Crippen molar-refractivity contribution in [1.29, 1.82) is 0 Å². The molecule has 0 radical (unpaired) electrons. The van der Waals surface area contributed by atoms with E-state index in [0.717, 1.165) is 68.4 Å². The second-order valence-electron chi connectivity index (χ2n) is 6.31. The van der Waals surface area contributed by atoms with E-state index in [4.69, 9.17) is 4.74 Å². The third-order valence-corrected chi connectivity index (χ3v) is 5.85. The zero-order valence-electron chi connectivity index (χ0n) is 13.9. The number of carbonyl (C=O) groups excluding carboxylic acids is 1. The molecule has 1 amide bonds. The normalized spacial score (nSPS) is 23.5. The van der Waals surface area contributed by atoms with E-state index in [1.165, 1.54) is 0 Å². The summed E-state index contributed by atoms with van der Waals surface area (Å²) < 4.78 is 5.45. The summed E-state index contributed by atoms with van der Waals surface area (Å²) in [6, 6.07) is 8.24. The van der Waals surface area contributed by atoms with Crippen molar-refractivity contribution in [2.75, 3.05) is 50.9 Å². The molecule has 2 aliphatic heterocycles. The molecule has 0 spiro atoms. The van der Waals surface area contributed by atoms with Crippen LogP contribution in [0.3, 0.4) is 0 Å². The van der Waals surface area contributed by atoms with Gasteiger partial charge in [-0.3, -0.25) is 9.69 Å². The lowest BCUT2D eigenvalue weighted by Gasteiger charge is -2.36. The molecule has 0 N–H and O–H groups in total. The number of morpholine rings is 1. The molecule has 23 heavy (non-hydrogen) atoms. The van der Waals surface area contributed by atoms with Crippen LogP contribution in [-0.2, 0) is 4.74 Å². The minimum atomic E-state index is 0.198. The van der Waals surface area contributed by atoms with Gasteiger partial charge in [0.15, 0.2) is 0 Å². The van der Waals surface area contributed by atoms with Gasteiger partial charge < -0.3 is 9.64 Å². The van der Waals surface area contributed by atoms with Crippen LogP contribution in [0.25, 0.3) is 0 Å². The summed E-state index contributed by atoms with van der Waals surface area (Å²) in [4.78, 5) is 17.7. The Hall–Kier alpha value is -1.04. The molecule has 0 aromatic heterocycles. The molecule has 0 bridgehead atoms. The minimum absolute atomic E-state index is 0.198. The highest BCUT2D eigenvalue weighted by Gasteiger charge is 2.29. The third kappa shape index (κ3) is 4.28. The average molecular weight is 334 g/mol. The van der Waals surface area contributed by atoms with E-state index in [9.17, 15) is 4.79 Å². The lowest BCUT2D eigenvalue weighted by Crippen LogP contribution is -2.50. The minimum Gasteiger partial charge on any atom is -0.379 e. The quantitative estimate of drug-likeness (QED) is 0.849. The van der Waals surface area contributed by atoms with Gasteiger partial charge in [-0.2, -0.15) is 11.8 Å². The molecule has 1 unspecified atom stereocenters.